The van der Waals surface area contributed by atoms with Crippen molar-refractivity contribution >= 4 is 11.8 Å². The quantitative estimate of drug-likeness (QED) is 0.817. The Balaban J connectivity index is 1.58. The third kappa shape index (κ3) is 2.58. The first-order valence-electron chi connectivity index (χ1n) is 6.53. The standard InChI is InChI=1S/C15H19NS/c1-2-6-13(7-3-1)16-10-12-11-17-15-9-5-4-8-14(12)15/h1-2,4-5,8-9,12-13,16H,3,6-7,10-11H2. The molecule has 0 radical (unpaired) electrons. The predicted octanol–water partition coefficient (Wildman–Crippen LogP) is 3.57. The summed E-state index contributed by atoms with van der Waals surface area (Å²) in [6.07, 6.45) is 8.38. The van der Waals surface area contributed by atoms with Crippen molar-refractivity contribution in [3.05, 3.63) is 42.0 Å². The van der Waals surface area contributed by atoms with Gasteiger partial charge in [-0.05, 0) is 30.9 Å². The molecule has 0 aromatic heterocycles. The van der Waals surface area contributed by atoms with E-state index in [2.05, 4.69) is 41.7 Å². The van der Waals surface area contributed by atoms with E-state index in [4.69, 9.17) is 0 Å². The van der Waals surface area contributed by atoms with Crippen LogP contribution in [0.2, 0.25) is 0 Å². The normalized spacial score (nSPS) is 27.1. The number of rotatable bonds is 3. The van der Waals surface area contributed by atoms with Crippen LogP contribution < -0.4 is 5.32 Å². The summed E-state index contributed by atoms with van der Waals surface area (Å²) in [5.74, 6) is 1.96. The molecule has 2 heteroatoms. The average molecular weight is 245 g/mol. The maximum Gasteiger partial charge on any atom is 0.0108 e. The highest BCUT2D eigenvalue weighted by atomic mass is 32.2. The van der Waals surface area contributed by atoms with E-state index in [-0.39, 0.29) is 0 Å². The fourth-order valence-corrected chi connectivity index (χ4v) is 3.94. The van der Waals surface area contributed by atoms with Crippen LogP contribution in [-0.4, -0.2) is 18.3 Å². The van der Waals surface area contributed by atoms with Gasteiger partial charge in [0.1, 0.15) is 0 Å². The van der Waals surface area contributed by atoms with Gasteiger partial charge in [0.05, 0.1) is 0 Å². The number of allylic oxidation sites excluding steroid dienone is 1. The van der Waals surface area contributed by atoms with E-state index in [0.29, 0.717) is 12.0 Å². The summed E-state index contributed by atoms with van der Waals surface area (Å²) < 4.78 is 0. The minimum Gasteiger partial charge on any atom is -0.313 e. The lowest BCUT2D eigenvalue weighted by molar-refractivity contribution is 0.461. The number of thioether (sulfide) groups is 1. The Hall–Kier alpha value is -0.730. The average Bonchev–Trinajstić information content (AvgIpc) is 2.81. The molecule has 90 valence electrons. The second-order valence-corrected chi connectivity index (χ2v) is 6.00. The molecule has 0 bridgehead atoms. The molecule has 0 spiro atoms. The molecular formula is C15H19NS. The lowest BCUT2D eigenvalue weighted by Gasteiger charge is -2.21. The summed E-state index contributed by atoms with van der Waals surface area (Å²) in [4.78, 5) is 1.49. The molecule has 0 saturated heterocycles. The zero-order valence-corrected chi connectivity index (χ0v) is 10.9. The second kappa shape index (κ2) is 5.28. The van der Waals surface area contributed by atoms with E-state index in [9.17, 15) is 0 Å². The van der Waals surface area contributed by atoms with Crippen LogP contribution in [0.25, 0.3) is 0 Å². The highest BCUT2D eigenvalue weighted by Crippen LogP contribution is 2.38. The summed E-state index contributed by atoms with van der Waals surface area (Å²) in [5.41, 5.74) is 1.55. The van der Waals surface area contributed by atoms with Crippen LogP contribution in [-0.2, 0) is 0 Å². The van der Waals surface area contributed by atoms with Gasteiger partial charge in [-0.3, -0.25) is 0 Å². The molecule has 1 aliphatic heterocycles. The molecule has 2 unspecified atom stereocenters. The molecule has 1 aliphatic carbocycles. The molecular weight excluding hydrogens is 226 g/mol. The first-order valence-corrected chi connectivity index (χ1v) is 7.52. The van der Waals surface area contributed by atoms with E-state index in [1.807, 2.05) is 11.8 Å². The minimum atomic E-state index is 0.706. The molecule has 0 amide bonds. The molecule has 1 aromatic carbocycles. The molecule has 1 aromatic rings. The van der Waals surface area contributed by atoms with Gasteiger partial charge in [0.25, 0.3) is 0 Å². The topological polar surface area (TPSA) is 12.0 Å². The molecule has 0 fully saturated rings. The molecule has 2 aliphatic rings. The van der Waals surface area contributed by atoms with Crippen molar-refractivity contribution in [2.24, 2.45) is 0 Å². The molecule has 2 atom stereocenters. The van der Waals surface area contributed by atoms with Gasteiger partial charge < -0.3 is 5.32 Å². The van der Waals surface area contributed by atoms with Crippen LogP contribution in [0.15, 0.2) is 41.3 Å². The largest absolute Gasteiger partial charge is 0.313 e. The van der Waals surface area contributed by atoms with Gasteiger partial charge >= 0.3 is 0 Å². The first kappa shape index (κ1) is 11.4. The lowest BCUT2D eigenvalue weighted by atomic mass is 9.98. The molecule has 1 heterocycles. The van der Waals surface area contributed by atoms with E-state index < -0.39 is 0 Å². The summed E-state index contributed by atoms with van der Waals surface area (Å²) >= 11 is 2.01. The van der Waals surface area contributed by atoms with Gasteiger partial charge in [-0.2, -0.15) is 0 Å². The van der Waals surface area contributed by atoms with Gasteiger partial charge in [0, 0.05) is 29.2 Å². The highest BCUT2D eigenvalue weighted by Gasteiger charge is 2.23. The third-order valence-electron chi connectivity index (χ3n) is 3.72. The van der Waals surface area contributed by atoms with Crippen LogP contribution in [0.5, 0.6) is 0 Å². The number of fused-ring (bicyclic) bond motifs is 1. The van der Waals surface area contributed by atoms with Crippen LogP contribution >= 0.6 is 11.8 Å². The Morgan fingerprint density at radius 2 is 2.18 bits per heavy atom. The van der Waals surface area contributed by atoms with E-state index in [1.165, 1.54) is 29.9 Å². The van der Waals surface area contributed by atoms with Gasteiger partial charge in [0.2, 0.25) is 0 Å². The summed E-state index contributed by atoms with van der Waals surface area (Å²) in [7, 11) is 0. The fourth-order valence-electron chi connectivity index (χ4n) is 2.69. The Bertz CT molecular complexity index is 413. The van der Waals surface area contributed by atoms with Crippen molar-refractivity contribution in [2.45, 2.75) is 36.1 Å². The van der Waals surface area contributed by atoms with Crippen LogP contribution in [0.3, 0.4) is 0 Å². The Morgan fingerprint density at radius 3 is 3.06 bits per heavy atom. The number of nitrogens with one attached hydrogen (secondary N) is 1. The van der Waals surface area contributed by atoms with E-state index in [0.717, 1.165) is 6.54 Å². The number of hydrogen-bond donors (Lipinski definition) is 1. The van der Waals surface area contributed by atoms with Gasteiger partial charge in [-0.15, -0.1) is 11.8 Å². The zero-order valence-electron chi connectivity index (χ0n) is 10.1. The summed E-state index contributed by atoms with van der Waals surface area (Å²) in [5, 5.41) is 3.74. The Kier molecular flexibility index (Phi) is 3.53. The number of hydrogen-bond acceptors (Lipinski definition) is 2. The van der Waals surface area contributed by atoms with E-state index >= 15 is 0 Å². The highest BCUT2D eigenvalue weighted by molar-refractivity contribution is 7.99. The molecule has 0 saturated carbocycles. The van der Waals surface area contributed by atoms with Crippen molar-refractivity contribution in [1.82, 2.24) is 5.32 Å². The summed E-state index contributed by atoms with van der Waals surface area (Å²) in [6.45, 7) is 1.14. The maximum atomic E-state index is 3.74. The predicted molar refractivity (Wildman–Crippen MR) is 74.7 cm³/mol. The van der Waals surface area contributed by atoms with Crippen LogP contribution in [0.1, 0.15) is 30.7 Å². The van der Waals surface area contributed by atoms with E-state index in [1.54, 1.807) is 5.56 Å². The van der Waals surface area contributed by atoms with Gasteiger partial charge in [-0.25, -0.2) is 0 Å². The van der Waals surface area contributed by atoms with Crippen molar-refractivity contribution < 1.29 is 0 Å². The minimum absolute atomic E-state index is 0.706. The Labute approximate surface area is 108 Å². The van der Waals surface area contributed by atoms with Crippen LogP contribution in [0, 0.1) is 0 Å². The SMILES string of the molecule is C1=CCC(NCC2CSc3ccccc32)CC1. The lowest BCUT2D eigenvalue weighted by Crippen LogP contribution is -2.33. The maximum absolute atomic E-state index is 3.74. The van der Waals surface area contributed by atoms with Gasteiger partial charge in [-0.1, -0.05) is 30.4 Å². The fraction of sp³-hybridized carbons (Fsp3) is 0.467. The molecule has 1 nitrogen and oxygen atoms in total. The zero-order chi connectivity index (χ0) is 11.5. The summed E-state index contributed by atoms with van der Waals surface area (Å²) in [6, 6.07) is 9.57. The smallest absolute Gasteiger partial charge is 0.0108 e. The van der Waals surface area contributed by atoms with Gasteiger partial charge in [0.15, 0.2) is 0 Å². The Morgan fingerprint density at radius 1 is 1.24 bits per heavy atom. The van der Waals surface area contributed by atoms with Crippen molar-refractivity contribution in [3.8, 4) is 0 Å². The van der Waals surface area contributed by atoms with Crippen molar-refractivity contribution in [1.29, 1.82) is 0 Å². The third-order valence-corrected chi connectivity index (χ3v) is 4.97. The molecule has 3 rings (SSSR count). The monoisotopic (exact) mass is 245 g/mol. The van der Waals surface area contributed by atoms with Crippen LogP contribution in [0.4, 0.5) is 0 Å². The molecule has 17 heavy (non-hydrogen) atoms. The molecule has 1 N–H and O–H groups in total. The second-order valence-electron chi connectivity index (χ2n) is 4.94. The first-order chi connectivity index (χ1) is 8.43. The number of benzene rings is 1. The van der Waals surface area contributed by atoms with Crippen molar-refractivity contribution in [3.63, 3.8) is 0 Å². The van der Waals surface area contributed by atoms with Crippen molar-refractivity contribution in [2.75, 3.05) is 12.3 Å².